The van der Waals surface area contributed by atoms with Gasteiger partial charge in [-0.3, -0.25) is 4.79 Å². The number of nitrogens with zero attached hydrogens (tertiary/aromatic N) is 3. The zero-order valence-electron chi connectivity index (χ0n) is 14.9. The van der Waals surface area contributed by atoms with Crippen LogP contribution >= 0.6 is 0 Å². The summed E-state index contributed by atoms with van der Waals surface area (Å²) in [4.78, 5) is 21.0. The van der Waals surface area contributed by atoms with Crippen molar-refractivity contribution < 1.29 is 4.39 Å². The molecule has 0 aliphatic rings. The fourth-order valence-electron chi connectivity index (χ4n) is 2.99. The fourth-order valence-corrected chi connectivity index (χ4v) is 2.99. The lowest BCUT2D eigenvalue weighted by Gasteiger charge is -2.09. The van der Waals surface area contributed by atoms with Gasteiger partial charge in [-0.1, -0.05) is 42.5 Å². The lowest BCUT2D eigenvalue weighted by atomic mass is 10.1. The Hall–Kier alpha value is -3.80. The zero-order chi connectivity index (χ0) is 19.5. The molecule has 5 nitrogen and oxygen atoms in total. The first-order valence-corrected chi connectivity index (χ1v) is 8.74. The Labute approximate surface area is 161 Å². The van der Waals surface area contributed by atoms with Gasteiger partial charge in [-0.2, -0.15) is 0 Å². The van der Waals surface area contributed by atoms with E-state index in [9.17, 15) is 9.18 Å². The number of hydrogen-bond acceptors (Lipinski definition) is 4. The standard InChI is InChI=1S/C22H17FN4O/c23-18-8-4-7-16(11-18)19-13-20(26-22(24)25-19)17-9-10-27(21(28)12-17)14-15-5-2-1-3-6-15/h1-13H,14H2,(H2,24,25,26). The van der Waals surface area contributed by atoms with Crippen LogP contribution in [0.3, 0.4) is 0 Å². The summed E-state index contributed by atoms with van der Waals surface area (Å²) in [6, 6.07) is 20.9. The van der Waals surface area contributed by atoms with Crippen LogP contribution in [0, 0.1) is 5.82 Å². The van der Waals surface area contributed by atoms with Gasteiger partial charge in [0.1, 0.15) is 5.82 Å². The molecule has 0 bridgehead atoms. The summed E-state index contributed by atoms with van der Waals surface area (Å²) < 4.78 is 15.2. The summed E-state index contributed by atoms with van der Waals surface area (Å²) in [5.41, 5.74) is 8.96. The highest BCUT2D eigenvalue weighted by molar-refractivity contribution is 5.68. The van der Waals surface area contributed by atoms with E-state index in [0.717, 1.165) is 5.56 Å². The maximum Gasteiger partial charge on any atom is 0.251 e. The molecule has 0 fully saturated rings. The average Bonchev–Trinajstić information content (AvgIpc) is 2.70. The quantitative estimate of drug-likeness (QED) is 0.592. The molecule has 0 aliphatic carbocycles. The van der Waals surface area contributed by atoms with E-state index >= 15 is 0 Å². The fraction of sp³-hybridized carbons (Fsp3) is 0.0455. The van der Waals surface area contributed by atoms with Crippen molar-refractivity contribution in [1.29, 1.82) is 0 Å². The molecule has 4 aromatic rings. The van der Waals surface area contributed by atoms with Crippen LogP contribution in [-0.2, 0) is 6.54 Å². The zero-order valence-corrected chi connectivity index (χ0v) is 14.9. The molecule has 0 atom stereocenters. The molecule has 0 spiro atoms. The molecular formula is C22H17FN4O. The number of aromatic nitrogens is 3. The SMILES string of the molecule is Nc1nc(-c2cccc(F)c2)cc(-c2ccn(Cc3ccccc3)c(=O)c2)n1. The van der Waals surface area contributed by atoms with Crippen molar-refractivity contribution in [3.8, 4) is 22.5 Å². The normalized spacial score (nSPS) is 10.8. The predicted molar refractivity (Wildman–Crippen MR) is 107 cm³/mol. The number of nitrogen functional groups attached to an aromatic ring is 1. The average molecular weight is 372 g/mol. The highest BCUT2D eigenvalue weighted by Gasteiger charge is 2.09. The third-order valence-corrected chi connectivity index (χ3v) is 4.35. The molecule has 4 rings (SSSR count). The van der Waals surface area contributed by atoms with Crippen molar-refractivity contribution in [2.24, 2.45) is 0 Å². The van der Waals surface area contributed by atoms with Crippen molar-refractivity contribution >= 4 is 5.95 Å². The summed E-state index contributed by atoms with van der Waals surface area (Å²) in [5, 5.41) is 0. The maximum atomic E-state index is 13.5. The smallest absolute Gasteiger partial charge is 0.251 e. The minimum atomic E-state index is -0.361. The van der Waals surface area contributed by atoms with Crippen LogP contribution in [0.4, 0.5) is 10.3 Å². The minimum Gasteiger partial charge on any atom is -0.368 e. The molecule has 28 heavy (non-hydrogen) atoms. The number of anilines is 1. The molecule has 138 valence electrons. The van der Waals surface area contributed by atoms with Crippen LogP contribution in [0.25, 0.3) is 22.5 Å². The van der Waals surface area contributed by atoms with Crippen LogP contribution in [0.15, 0.2) is 83.8 Å². The Kier molecular flexibility index (Phi) is 4.68. The van der Waals surface area contributed by atoms with Crippen LogP contribution < -0.4 is 11.3 Å². The maximum absolute atomic E-state index is 13.5. The second-order valence-electron chi connectivity index (χ2n) is 6.37. The minimum absolute atomic E-state index is 0.0604. The molecule has 6 heteroatoms. The molecule has 2 N–H and O–H groups in total. The monoisotopic (exact) mass is 372 g/mol. The number of benzene rings is 2. The molecule has 0 saturated carbocycles. The number of pyridine rings is 1. The Morgan fingerprint density at radius 1 is 0.857 bits per heavy atom. The lowest BCUT2D eigenvalue weighted by molar-refractivity contribution is 0.628. The highest BCUT2D eigenvalue weighted by Crippen LogP contribution is 2.24. The van der Waals surface area contributed by atoms with Crippen molar-refractivity contribution in [1.82, 2.24) is 14.5 Å². The van der Waals surface area contributed by atoms with Crippen LogP contribution in [0.2, 0.25) is 0 Å². The van der Waals surface area contributed by atoms with Gasteiger partial charge in [-0.05, 0) is 29.8 Å². The number of hydrogen-bond donors (Lipinski definition) is 1. The third-order valence-electron chi connectivity index (χ3n) is 4.35. The van der Waals surface area contributed by atoms with Gasteiger partial charge in [0, 0.05) is 23.4 Å². The third kappa shape index (κ3) is 3.81. The molecule has 0 aliphatic heterocycles. The Bertz CT molecular complexity index is 1190. The van der Waals surface area contributed by atoms with E-state index in [0.29, 0.717) is 29.1 Å². The second kappa shape index (κ2) is 7.44. The van der Waals surface area contributed by atoms with E-state index < -0.39 is 0 Å². The van der Waals surface area contributed by atoms with Crippen molar-refractivity contribution in [2.75, 3.05) is 5.73 Å². The van der Waals surface area contributed by atoms with Crippen LogP contribution in [0.1, 0.15) is 5.56 Å². The van der Waals surface area contributed by atoms with E-state index in [1.807, 2.05) is 36.4 Å². The first-order chi connectivity index (χ1) is 13.6. The van der Waals surface area contributed by atoms with Crippen molar-refractivity contribution in [3.05, 3.63) is 101 Å². The van der Waals surface area contributed by atoms with E-state index in [1.54, 1.807) is 29.0 Å². The molecule has 2 aromatic carbocycles. The largest absolute Gasteiger partial charge is 0.368 e. The predicted octanol–water partition coefficient (Wildman–Crippen LogP) is 3.74. The molecule has 0 radical (unpaired) electrons. The van der Waals surface area contributed by atoms with Gasteiger partial charge < -0.3 is 10.3 Å². The Balaban J connectivity index is 1.69. The van der Waals surface area contributed by atoms with Crippen molar-refractivity contribution in [3.63, 3.8) is 0 Å². The summed E-state index contributed by atoms with van der Waals surface area (Å²) in [7, 11) is 0. The van der Waals surface area contributed by atoms with E-state index in [-0.39, 0.29) is 17.3 Å². The summed E-state index contributed by atoms with van der Waals surface area (Å²) in [6.45, 7) is 0.487. The number of rotatable bonds is 4. The van der Waals surface area contributed by atoms with E-state index in [2.05, 4.69) is 9.97 Å². The number of nitrogens with two attached hydrogens (primary N) is 1. The lowest BCUT2D eigenvalue weighted by Crippen LogP contribution is -2.19. The van der Waals surface area contributed by atoms with Crippen molar-refractivity contribution in [2.45, 2.75) is 6.54 Å². The summed E-state index contributed by atoms with van der Waals surface area (Å²) in [6.07, 6.45) is 1.73. The highest BCUT2D eigenvalue weighted by atomic mass is 19.1. The topological polar surface area (TPSA) is 73.8 Å². The van der Waals surface area contributed by atoms with Gasteiger partial charge in [0.15, 0.2) is 0 Å². The van der Waals surface area contributed by atoms with Crippen LogP contribution in [-0.4, -0.2) is 14.5 Å². The van der Waals surface area contributed by atoms with Gasteiger partial charge in [-0.15, -0.1) is 0 Å². The second-order valence-corrected chi connectivity index (χ2v) is 6.37. The van der Waals surface area contributed by atoms with Gasteiger partial charge >= 0.3 is 0 Å². The van der Waals surface area contributed by atoms with Gasteiger partial charge in [0.2, 0.25) is 5.95 Å². The molecule has 2 aromatic heterocycles. The van der Waals surface area contributed by atoms with Gasteiger partial charge in [0.25, 0.3) is 5.56 Å². The molecular weight excluding hydrogens is 355 g/mol. The Morgan fingerprint density at radius 3 is 2.25 bits per heavy atom. The molecule has 2 heterocycles. The van der Waals surface area contributed by atoms with E-state index in [1.165, 1.54) is 18.2 Å². The van der Waals surface area contributed by atoms with Gasteiger partial charge in [0.05, 0.1) is 17.9 Å². The van der Waals surface area contributed by atoms with Crippen LogP contribution in [0.5, 0.6) is 0 Å². The first kappa shape index (κ1) is 17.6. The number of halogens is 1. The Morgan fingerprint density at radius 2 is 1.57 bits per heavy atom. The van der Waals surface area contributed by atoms with E-state index in [4.69, 9.17) is 5.73 Å². The summed E-state index contributed by atoms with van der Waals surface area (Å²) >= 11 is 0. The molecule has 0 unspecified atom stereocenters. The first-order valence-electron chi connectivity index (χ1n) is 8.74. The molecule has 0 saturated heterocycles. The summed E-state index contributed by atoms with van der Waals surface area (Å²) in [5.74, 6) is -0.301. The molecule has 0 amide bonds. The van der Waals surface area contributed by atoms with Gasteiger partial charge in [-0.25, -0.2) is 14.4 Å².